The Balaban J connectivity index is 1.49. The summed E-state index contributed by atoms with van der Waals surface area (Å²) in [5.41, 5.74) is -0.341. The van der Waals surface area contributed by atoms with E-state index in [9.17, 15) is 14.0 Å². The lowest BCUT2D eigenvalue weighted by Gasteiger charge is -2.47. The minimum Gasteiger partial charge on any atom is -0.364 e. The van der Waals surface area contributed by atoms with E-state index in [-0.39, 0.29) is 42.8 Å². The number of likely N-dealkylation sites (N-methyl/N-ethyl adjacent to an activating group) is 1. The van der Waals surface area contributed by atoms with Crippen molar-refractivity contribution in [2.75, 3.05) is 27.2 Å². The highest BCUT2D eigenvalue weighted by Crippen LogP contribution is 2.37. The van der Waals surface area contributed by atoms with Crippen molar-refractivity contribution in [3.8, 4) is 0 Å². The molecular formula is C23H34FN3O3. The molecule has 0 aliphatic heterocycles. The van der Waals surface area contributed by atoms with Crippen LogP contribution in [0.4, 0.5) is 4.39 Å². The molecule has 2 N–H and O–H groups in total. The van der Waals surface area contributed by atoms with Crippen LogP contribution >= 0.6 is 0 Å². The average molecular weight is 420 g/mol. The molecule has 2 fully saturated rings. The Labute approximate surface area is 178 Å². The Kier molecular flexibility index (Phi) is 7.14. The predicted octanol–water partition coefficient (Wildman–Crippen LogP) is 2.89. The molecular weight excluding hydrogens is 385 g/mol. The van der Waals surface area contributed by atoms with Gasteiger partial charge in [0, 0.05) is 44.1 Å². The lowest BCUT2D eigenvalue weighted by molar-refractivity contribution is -0.142. The molecule has 3 rings (SSSR count). The fourth-order valence-electron chi connectivity index (χ4n) is 4.43. The first kappa shape index (κ1) is 22.7. The Bertz CT molecular complexity index is 740. The minimum atomic E-state index is -1.13. The summed E-state index contributed by atoms with van der Waals surface area (Å²) in [5.74, 6) is -0.459. The maximum absolute atomic E-state index is 15.0. The van der Waals surface area contributed by atoms with Crippen LogP contribution in [-0.2, 0) is 9.53 Å². The summed E-state index contributed by atoms with van der Waals surface area (Å²) >= 11 is 0. The van der Waals surface area contributed by atoms with Gasteiger partial charge in [0.1, 0.15) is 11.9 Å². The van der Waals surface area contributed by atoms with Gasteiger partial charge in [-0.25, -0.2) is 4.39 Å². The van der Waals surface area contributed by atoms with Crippen LogP contribution in [0.15, 0.2) is 30.3 Å². The summed E-state index contributed by atoms with van der Waals surface area (Å²) in [6.45, 7) is 2.52. The van der Waals surface area contributed by atoms with Crippen LogP contribution in [-0.4, -0.2) is 61.4 Å². The molecule has 166 valence electrons. The third-order valence-electron chi connectivity index (χ3n) is 7.08. The molecule has 0 aromatic heterocycles. The van der Waals surface area contributed by atoms with Gasteiger partial charge < -0.3 is 15.0 Å². The van der Waals surface area contributed by atoms with Gasteiger partial charge in [0.25, 0.3) is 5.91 Å². The number of methoxy groups -OCH3 is 1. The van der Waals surface area contributed by atoms with Crippen LogP contribution in [0.25, 0.3) is 0 Å². The zero-order valence-electron chi connectivity index (χ0n) is 18.2. The summed E-state index contributed by atoms with van der Waals surface area (Å²) in [6.07, 6.45) is 3.38. The molecule has 3 atom stereocenters. The summed E-state index contributed by atoms with van der Waals surface area (Å²) in [5, 5.41) is 6.02. The Morgan fingerprint density at radius 1 is 1.23 bits per heavy atom. The summed E-state index contributed by atoms with van der Waals surface area (Å²) < 4.78 is 20.6. The fourth-order valence-corrected chi connectivity index (χ4v) is 4.43. The smallest absolute Gasteiger partial charge is 0.251 e. The van der Waals surface area contributed by atoms with Gasteiger partial charge in [-0.15, -0.1) is 0 Å². The molecule has 0 unspecified atom stereocenters. The van der Waals surface area contributed by atoms with Gasteiger partial charge in [0.15, 0.2) is 0 Å². The maximum atomic E-state index is 15.0. The summed E-state index contributed by atoms with van der Waals surface area (Å²) in [7, 11) is 3.39. The molecule has 2 saturated carbocycles. The molecule has 0 bridgehead atoms. The number of rotatable bonds is 8. The second kappa shape index (κ2) is 9.43. The van der Waals surface area contributed by atoms with Crippen molar-refractivity contribution in [3.63, 3.8) is 0 Å². The van der Waals surface area contributed by atoms with E-state index in [1.165, 1.54) is 0 Å². The van der Waals surface area contributed by atoms with E-state index >= 15 is 0 Å². The van der Waals surface area contributed by atoms with Crippen LogP contribution in [0, 0.1) is 5.92 Å². The molecule has 0 saturated heterocycles. The van der Waals surface area contributed by atoms with Crippen molar-refractivity contribution in [2.45, 2.75) is 62.9 Å². The number of nitrogens with zero attached hydrogens (tertiary/aromatic N) is 1. The Morgan fingerprint density at radius 3 is 2.50 bits per heavy atom. The highest BCUT2D eigenvalue weighted by molar-refractivity contribution is 5.94. The molecule has 0 heterocycles. The van der Waals surface area contributed by atoms with Gasteiger partial charge in [-0.2, -0.15) is 0 Å². The molecule has 7 heteroatoms. The zero-order chi connectivity index (χ0) is 21.8. The van der Waals surface area contributed by atoms with Crippen molar-refractivity contribution in [1.29, 1.82) is 0 Å². The molecule has 2 aliphatic carbocycles. The van der Waals surface area contributed by atoms with E-state index in [0.29, 0.717) is 18.4 Å². The second-order valence-corrected chi connectivity index (χ2v) is 8.95. The van der Waals surface area contributed by atoms with Gasteiger partial charge in [0.2, 0.25) is 5.91 Å². The van der Waals surface area contributed by atoms with E-state index in [1.807, 2.05) is 18.0 Å². The number of hydrogen-bond acceptors (Lipinski definition) is 4. The van der Waals surface area contributed by atoms with Crippen molar-refractivity contribution < 1.29 is 18.7 Å². The first-order chi connectivity index (χ1) is 14.3. The molecule has 1 aromatic carbocycles. The zero-order valence-corrected chi connectivity index (χ0v) is 18.2. The maximum Gasteiger partial charge on any atom is 0.251 e. The number of carbonyl (C=O) groups is 2. The lowest BCUT2D eigenvalue weighted by atomic mass is 9.77. The first-order valence-electron chi connectivity index (χ1n) is 10.8. The monoisotopic (exact) mass is 419 g/mol. The summed E-state index contributed by atoms with van der Waals surface area (Å²) in [6, 6.07) is 8.93. The number of amides is 2. The molecule has 0 spiro atoms. The number of alkyl halides is 1. The number of hydrogen-bond donors (Lipinski definition) is 2. The first-order valence-corrected chi connectivity index (χ1v) is 10.8. The predicted molar refractivity (Wildman–Crippen MR) is 114 cm³/mol. The normalized spacial score (nSPS) is 27.7. The van der Waals surface area contributed by atoms with Crippen molar-refractivity contribution in [2.24, 2.45) is 5.92 Å². The van der Waals surface area contributed by atoms with E-state index < -0.39 is 11.9 Å². The molecule has 2 amide bonds. The number of nitrogens with one attached hydrogen (secondary N) is 2. The standard InChI is InChI=1S/C23H34FN3O3/c1-22(11-7-12-22)27(2)20(28)16-26-23(30-3)13-10-18(19(24)14-23)15-25-21(29)17-8-5-4-6-9-17/h4-6,8-9,18-19,26H,7,10-16H2,1-3H3,(H,25,29)/t18-,19-,23-/m0/s1. The van der Waals surface area contributed by atoms with E-state index in [4.69, 9.17) is 4.74 Å². The van der Waals surface area contributed by atoms with E-state index in [2.05, 4.69) is 17.6 Å². The van der Waals surface area contributed by atoms with Crippen molar-refractivity contribution in [1.82, 2.24) is 15.5 Å². The molecule has 0 radical (unpaired) electrons. The van der Waals surface area contributed by atoms with E-state index in [1.54, 1.807) is 31.4 Å². The van der Waals surface area contributed by atoms with Crippen LogP contribution in [0.2, 0.25) is 0 Å². The second-order valence-electron chi connectivity index (χ2n) is 8.95. The largest absolute Gasteiger partial charge is 0.364 e. The molecule has 2 aliphatic rings. The SMILES string of the molecule is CO[C@@]1(NCC(=O)N(C)C2(C)CCC2)CC[C@@H](CNC(=O)c2ccccc2)[C@@H](F)C1. The van der Waals surface area contributed by atoms with Gasteiger partial charge >= 0.3 is 0 Å². The van der Waals surface area contributed by atoms with E-state index in [0.717, 1.165) is 19.3 Å². The molecule has 30 heavy (non-hydrogen) atoms. The van der Waals surface area contributed by atoms with Gasteiger partial charge in [-0.1, -0.05) is 18.2 Å². The van der Waals surface area contributed by atoms with Crippen molar-refractivity contribution in [3.05, 3.63) is 35.9 Å². The van der Waals surface area contributed by atoms with Gasteiger partial charge in [-0.3, -0.25) is 14.9 Å². The summed E-state index contributed by atoms with van der Waals surface area (Å²) in [4.78, 5) is 26.6. The third-order valence-corrected chi connectivity index (χ3v) is 7.08. The topological polar surface area (TPSA) is 70.7 Å². The van der Waals surface area contributed by atoms with Crippen LogP contribution in [0.3, 0.4) is 0 Å². The number of ether oxygens (including phenoxy) is 1. The van der Waals surface area contributed by atoms with Crippen LogP contribution < -0.4 is 10.6 Å². The number of carbonyl (C=O) groups excluding carboxylic acids is 2. The van der Waals surface area contributed by atoms with Crippen molar-refractivity contribution >= 4 is 11.8 Å². The highest BCUT2D eigenvalue weighted by atomic mass is 19.1. The van der Waals surface area contributed by atoms with Crippen LogP contribution in [0.5, 0.6) is 0 Å². The minimum absolute atomic E-state index is 0.00119. The number of halogens is 1. The van der Waals surface area contributed by atoms with Gasteiger partial charge in [-0.05, 0) is 51.2 Å². The average Bonchev–Trinajstić information content (AvgIpc) is 2.75. The molecule has 1 aromatic rings. The lowest BCUT2D eigenvalue weighted by Crippen LogP contribution is -2.59. The number of benzene rings is 1. The Hall–Kier alpha value is -1.99. The quantitative estimate of drug-likeness (QED) is 0.636. The third kappa shape index (κ3) is 5.01. The highest BCUT2D eigenvalue weighted by Gasteiger charge is 2.43. The van der Waals surface area contributed by atoms with Crippen LogP contribution in [0.1, 0.15) is 55.8 Å². The Morgan fingerprint density at radius 2 is 1.93 bits per heavy atom. The van der Waals surface area contributed by atoms with Gasteiger partial charge in [0.05, 0.1) is 6.54 Å². The molecule has 6 nitrogen and oxygen atoms in total. The fraction of sp³-hybridized carbons (Fsp3) is 0.652.